The van der Waals surface area contributed by atoms with Crippen LogP contribution in [0.3, 0.4) is 0 Å². The average molecular weight is 2080 g/mol. The van der Waals surface area contributed by atoms with Gasteiger partial charge in [0.2, 0.25) is 0 Å². The number of nitrogens with zero attached hydrogens (tertiary/aromatic N) is 4. The van der Waals surface area contributed by atoms with Crippen LogP contribution >= 0.6 is 90.7 Å². The number of hydrogen-bond acceptors (Lipinski definition) is 15. The average Bonchev–Trinajstić information content (AvgIpc) is 1.55. The minimum atomic E-state index is -0.615. The summed E-state index contributed by atoms with van der Waals surface area (Å²) in [5, 5.41) is 0. The van der Waals surface area contributed by atoms with Crippen LogP contribution in [0.1, 0.15) is 504 Å². The van der Waals surface area contributed by atoms with Crippen molar-refractivity contribution >= 4 is 131 Å². The summed E-state index contributed by atoms with van der Waals surface area (Å²) in [6.07, 6.45) is 88.0. The van der Waals surface area contributed by atoms with E-state index in [2.05, 4.69) is 164 Å². The fourth-order valence-electron chi connectivity index (χ4n) is 22.2. The number of hydrogen-bond donors (Lipinski definition) is 0. The van der Waals surface area contributed by atoms with E-state index < -0.39 is 5.60 Å². The van der Waals surface area contributed by atoms with E-state index in [9.17, 15) is 4.79 Å². The summed E-state index contributed by atoms with van der Waals surface area (Å²) in [6.45, 7) is 33.3. The Morgan fingerprint density at radius 1 is 0.303 bits per heavy atom. The molecule has 0 amide bonds. The number of methoxy groups -OCH3 is 1. The number of fused-ring (bicyclic) bond motifs is 5. The van der Waals surface area contributed by atoms with Gasteiger partial charge in [-0.2, -0.15) is 0 Å². The van der Waals surface area contributed by atoms with E-state index in [4.69, 9.17) is 29.4 Å². The molecule has 0 aliphatic carbocycles. The number of unbranched alkanes of at least 4 members (excludes halogenated alkanes) is 32. The fraction of sp³-hybridized carbons (Fsp3) is 0.677. The molecular weight excluding hydrogens is 1890 g/mol. The van der Waals surface area contributed by atoms with Crippen LogP contribution in [0.15, 0.2) is 73.0 Å². The number of ether oxygens (including phenoxy) is 2. The maximum absolute atomic E-state index is 12.9. The third-order valence-corrected chi connectivity index (χ3v) is 40.5. The van der Waals surface area contributed by atoms with Crippen LogP contribution in [0.25, 0.3) is 106 Å². The Morgan fingerprint density at radius 3 is 0.915 bits per heavy atom. The minimum absolute atomic E-state index is 0.527. The van der Waals surface area contributed by atoms with Crippen molar-refractivity contribution in [3.8, 4) is 77.3 Å². The van der Waals surface area contributed by atoms with Crippen molar-refractivity contribution in [3.63, 3.8) is 0 Å². The molecule has 7 nitrogen and oxygen atoms in total. The molecule has 0 bridgehead atoms. The first kappa shape index (κ1) is 117. The third-order valence-electron chi connectivity index (χ3n) is 31.0. The van der Waals surface area contributed by atoms with Crippen molar-refractivity contribution < 1.29 is 14.3 Å². The van der Waals surface area contributed by atoms with E-state index in [1.165, 1.54) is 406 Å². The SMILES string of the molecule is CCCCCCCCC(CCCCCC)Cc1ccc(-c2nc3c(/C=C/OC)sc(-c4cc5c(s4)-c4sc(-c6sc(/C=C/C=O)c7nc(-c8ccc(CC(CCCCCC)CCCCCCCC)s8)c(-c8ccc(CC(CCCCCC)CCCCCCCC)s8)nc67)cc4C(CCC(C)CCCC(C)C)(CCC(C)CCCC(C)C)O5)c3nc2-c2ccc(CC(CCCCCC)CCCCCCCC)s2)s1. The van der Waals surface area contributed by atoms with Crippen LogP contribution in [-0.2, 0) is 40.8 Å². The van der Waals surface area contributed by atoms with Crippen molar-refractivity contribution in [1.29, 1.82) is 0 Å². The molecule has 15 heteroatoms. The number of aromatic nitrogens is 4. The molecule has 0 spiro atoms. The molecule has 10 aromatic heterocycles. The van der Waals surface area contributed by atoms with Gasteiger partial charge in [-0.05, 0) is 172 Å². The standard InChI is InChI=1S/C127H192N4O3S8/c1-16-24-32-40-44-52-67-97(63-48-36-28-20-5)87-101-72-76-108(135-101)115-117(110-78-74-103(137-110)89-99(65-50-38-30-22-7)69-54-46-42-34-26-18-3)130-121-119(128-115)107(71-58-85-132)139-125(121)113-91-105-123(141-113)124-106(134-127(105,83-80-95(13)61-56-59-93(9)10)84-81-96(14)62-57-60-94(11)12)92-114(142-124)126-122-120(112(140-126)82-86-133-15)129-116(109-77-73-102(136-109)88-98(64-49-37-29-21-6)68-53-45-41-33-25-17-2)118(131-122)111-79-75-104(138-111)90-100(66-51-39-31-23-8)70-55-47-43-35-27-19-4/h58,71-79,82,85-86,91-100H,16-57,59-70,80-81,83-84,87-90H2,1-15H3/b71-58+,86-82+. The Balaban J connectivity index is 1.10. The van der Waals surface area contributed by atoms with Gasteiger partial charge in [-0.3, -0.25) is 4.79 Å². The molecule has 0 saturated carbocycles. The highest BCUT2D eigenvalue weighted by Gasteiger charge is 2.45. The lowest BCUT2D eigenvalue weighted by Crippen LogP contribution is -2.36. The van der Waals surface area contributed by atoms with E-state index in [0.29, 0.717) is 47.3 Å². The molecule has 1 aliphatic rings. The smallest absolute Gasteiger partial charge is 0.142 e. The van der Waals surface area contributed by atoms with Crippen molar-refractivity contribution in [2.75, 3.05) is 7.11 Å². The maximum Gasteiger partial charge on any atom is 0.142 e. The quantitative estimate of drug-likeness (QED) is 0.0162. The molecule has 142 heavy (non-hydrogen) atoms. The Labute approximate surface area is 897 Å². The zero-order chi connectivity index (χ0) is 100. The van der Waals surface area contributed by atoms with Gasteiger partial charge in [0.05, 0.1) is 67.0 Å². The molecule has 0 radical (unpaired) electrons. The summed E-state index contributed by atoms with van der Waals surface area (Å²) in [6, 6.07) is 24.5. The molecule has 0 saturated heterocycles. The number of carbonyl (C=O) groups is 1. The number of allylic oxidation sites excluding steroid dienone is 1. The van der Waals surface area contributed by atoms with Gasteiger partial charge < -0.3 is 9.47 Å². The lowest BCUT2D eigenvalue weighted by atomic mass is 9.78. The van der Waals surface area contributed by atoms with Gasteiger partial charge in [0.25, 0.3) is 0 Å². The largest absolute Gasteiger partial charge is 0.504 e. The number of rotatable bonds is 80. The number of aldehydes is 1. The van der Waals surface area contributed by atoms with Gasteiger partial charge in [0.1, 0.15) is 62.5 Å². The van der Waals surface area contributed by atoms with Crippen LogP contribution in [0.5, 0.6) is 5.75 Å². The summed E-state index contributed by atoms with van der Waals surface area (Å²) >= 11 is 15.3. The second kappa shape index (κ2) is 65.9. The van der Waals surface area contributed by atoms with E-state index in [1.807, 2.05) is 91.7 Å². The first-order valence-corrected chi connectivity index (χ1v) is 65.3. The molecule has 6 unspecified atom stereocenters. The highest BCUT2D eigenvalue weighted by atomic mass is 32.1. The van der Waals surface area contributed by atoms with Crippen LogP contribution in [0, 0.1) is 47.3 Å². The highest BCUT2D eigenvalue weighted by molar-refractivity contribution is 7.30. The second-order valence-electron chi connectivity index (χ2n) is 44.5. The van der Waals surface area contributed by atoms with E-state index in [0.717, 1.165) is 133 Å². The molecular formula is C127H192N4O3S8. The molecule has 0 fully saturated rings. The number of carbonyl (C=O) groups excluding carboxylic acids is 1. The molecule has 1 aliphatic heterocycles. The predicted molar refractivity (Wildman–Crippen MR) is 637 cm³/mol. The predicted octanol–water partition coefficient (Wildman–Crippen LogP) is 45.2. The van der Waals surface area contributed by atoms with Crippen LogP contribution in [0.2, 0.25) is 0 Å². The first-order chi connectivity index (χ1) is 69.5. The molecule has 0 N–H and O–H groups in total. The fourth-order valence-corrected chi connectivity index (χ4v) is 31.5. The molecule has 786 valence electrons. The summed E-state index contributed by atoms with van der Waals surface area (Å²) in [5.74, 6) is 6.08. The first-order valence-electron chi connectivity index (χ1n) is 58.8. The normalized spacial score (nSPS) is 14.8. The summed E-state index contributed by atoms with van der Waals surface area (Å²) < 4.78 is 14.2. The molecule has 10 aromatic rings. The van der Waals surface area contributed by atoms with Gasteiger partial charge >= 0.3 is 0 Å². The summed E-state index contributed by atoms with van der Waals surface area (Å²) in [5.41, 5.74) is 8.34. The van der Waals surface area contributed by atoms with E-state index in [-0.39, 0.29) is 0 Å². The molecule has 6 atom stereocenters. The Hall–Kier alpha value is -4.97. The number of thiophene rings is 8. The lowest BCUT2D eigenvalue weighted by Gasteiger charge is -2.39. The van der Waals surface area contributed by atoms with Gasteiger partial charge in [0, 0.05) is 36.0 Å². The second-order valence-corrected chi connectivity index (χ2v) is 53.4. The topological polar surface area (TPSA) is 87.1 Å². The van der Waals surface area contributed by atoms with E-state index >= 15 is 0 Å². The zero-order valence-corrected chi connectivity index (χ0v) is 98.4. The zero-order valence-electron chi connectivity index (χ0n) is 91.9. The highest BCUT2D eigenvalue weighted by Crippen LogP contribution is 2.61. The molecule has 11 heterocycles. The van der Waals surface area contributed by atoms with Crippen molar-refractivity contribution in [3.05, 3.63) is 108 Å². The molecule has 11 rings (SSSR count). The van der Waals surface area contributed by atoms with Crippen LogP contribution in [-0.4, -0.2) is 33.3 Å². The van der Waals surface area contributed by atoms with Crippen molar-refractivity contribution in [2.45, 2.75) is 501 Å². The summed E-state index contributed by atoms with van der Waals surface area (Å²) in [4.78, 5) is 57.3. The van der Waals surface area contributed by atoms with Gasteiger partial charge in [-0.1, -0.05) is 444 Å². The van der Waals surface area contributed by atoms with Gasteiger partial charge in [0.15, 0.2) is 0 Å². The molecule has 0 aromatic carbocycles. The minimum Gasteiger partial charge on any atom is -0.504 e. The maximum atomic E-state index is 12.9. The summed E-state index contributed by atoms with van der Waals surface area (Å²) in [7, 11) is 1.77. The Kier molecular flexibility index (Phi) is 54.4. The Bertz CT molecular complexity index is 5170. The van der Waals surface area contributed by atoms with Crippen molar-refractivity contribution in [1.82, 2.24) is 19.9 Å². The lowest BCUT2D eigenvalue weighted by molar-refractivity contribution is -0.104. The Morgan fingerprint density at radius 2 is 0.599 bits per heavy atom. The van der Waals surface area contributed by atoms with Gasteiger partial charge in [-0.15, -0.1) is 90.7 Å². The van der Waals surface area contributed by atoms with Crippen molar-refractivity contribution in [2.24, 2.45) is 47.3 Å². The van der Waals surface area contributed by atoms with E-state index in [1.54, 1.807) is 24.5 Å². The van der Waals surface area contributed by atoms with Gasteiger partial charge in [-0.25, -0.2) is 19.9 Å². The monoisotopic (exact) mass is 2080 g/mol. The van der Waals surface area contributed by atoms with Crippen LogP contribution in [0.4, 0.5) is 0 Å². The third kappa shape index (κ3) is 37.6. The van der Waals surface area contributed by atoms with Crippen LogP contribution < -0.4 is 4.74 Å².